The lowest BCUT2D eigenvalue weighted by Gasteiger charge is -2.26. The Bertz CT molecular complexity index is 807. The number of carbonyl (C=O) groups is 1. The molecule has 1 atom stereocenters. The van der Waals surface area contributed by atoms with Crippen LogP contribution in [0.15, 0.2) is 35.3 Å². The Balaban J connectivity index is 1.97. The van der Waals surface area contributed by atoms with Crippen LogP contribution in [0.25, 0.3) is 0 Å². The average Bonchev–Trinajstić information content (AvgIpc) is 2.98. The summed E-state index contributed by atoms with van der Waals surface area (Å²) in [5.74, 6) is -0.172. The molecule has 23 heavy (non-hydrogen) atoms. The summed E-state index contributed by atoms with van der Waals surface area (Å²) in [7, 11) is 0. The van der Waals surface area contributed by atoms with Crippen LogP contribution in [0.1, 0.15) is 51.6 Å². The number of carbonyl (C=O) groups excluding carboxylic acids is 1. The Hall–Kier alpha value is -2.36. The summed E-state index contributed by atoms with van der Waals surface area (Å²) >= 11 is 0. The largest absolute Gasteiger partial charge is 0.364 e. The van der Waals surface area contributed by atoms with Gasteiger partial charge in [0.25, 0.3) is 5.91 Å². The molecule has 1 aromatic carbocycles. The van der Waals surface area contributed by atoms with Crippen molar-refractivity contribution in [3.63, 3.8) is 0 Å². The second-order valence-corrected chi connectivity index (χ2v) is 6.41. The molecule has 120 valence electrons. The third kappa shape index (κ3) is 2.93. The number of hydrogen-bond donors (Lipinski definition) is 1. The Morgan fingerprint density at radius 2 is 2.00 bits per heavy atom. The summed E-state index contributed by atoms with van der Waals surface area (Å²) in [5, 5.41) is 0. The molecule has 1 amide bonds. The summed E-state index contributed by atoms with van der Waals surface area (Å²) in [4.78, 5) is 29.8. The van der Waals surface area contributed by atoms with Crippen molar-refractivity contribution in [2.45, 2.75) is 39.7 Å². The first-order valence-electron chi connectivity index (χ1n) is 8.05. The van der Waals surface area contributed by atoms with Crippen LogP contribution in [-0.4, -0.2) is 22.3 Å². The van der Waals surface area contributed by atoms with Gasteiger partial charge in [-0.05, 0) is 44.7 Å². The molecule has 1 aromatic heterocycles. The van der Waals surface area contributed by atoms with Gasteiger partial charge in [0.05, 0.1) is 6.04 Å². The van der Waals surface area contributed by atoms with Crippen molar-refractivity contribution in [3.05, 3.63) is 68.6 Å². The molecule has 0 unspecified atom stereocenters. The lowest BCUT2D eigenvalue weighted by atomic mass is 9.97. The number of nitrogens with one attached hydrogen (secondary N) is 1. The Morgan fingerprint density at radius 1 is 1.22 bits per heavy atom. The third-order valence-electron chi connectivity index (χ3n) is 4.60. The van der Waals surface area contributed by atoms with E-state index in [2.05, 4.69) is 37.0 Å². The van der Waals surface area contributed by atoms with Gasteiger partial charge in [-0.15, -0.1) is 0 Å². The molecular weight excluding hydrogens is 288 g/mol. The van der Waals surface area contributed by atoms with E-state index in [1.807, 2.05) is 11.8 Å². The second kappa shape index (κ2) is 6.03. The minimum absolute atomic E-state index is 0.0584. The van der Waals surface area contributed by atoms with Crippen molar-refractivity contribution in [2.75, 3.05) is 6.54 Å². The third-order valence-corrected chi connectivity index (χ3v) is 4.60. The maximum atomic E-state index is 12.9. The van der Waals surface area contributed by atoms with Gasteiger partial charge in [0.15, 0.2) is 5.43 Å². The Morgan fingerprint density at radius 3 is 2.74 bits per heavy atom. The summed E-state index contributed by atoms with van der Waals surface area (Å²) in [5.41, 5.74) is 4.36. The van der Waals surface area contributed by atoms with E-state index >= 15 is 0 Å². The number of aromatic amines is 1. The molecule has 1 saturated heterocycles. The van der Waals surface area contributed by atoms with Crippen LogP contribution in [0, 0.1) is 20.8 Å². The summed E-state index contributed by atoms with van der Waals surface area (Å²) in [6.45, 7) is 6.65. The molecule has 0 saturated carbocycles. The monoisotopic (exact) mass is 310 g/mol. The summed E-state index contributed by atoms with van der Waals surface area (Å²) in [6.07, 6.45) is 3.45. The first-order chi connectivity index (χ1) is 11.0. The van der Waals surface area contributed by atoms with Gasteiger partial charge >= 0.3 is 0 Å². The second-order valence-electron chi connectivity index (χ2n) is 6.41. The highest BCUT2D eigenvalue weighted by molar-refractivity contribution is 5.94. The van der Waals surface area contributed by atoms with Crippen molar-refractivity contribution in [1.29, 1.82) is 0 Å². The highest BCUT2D eigenvalue weighted by atomic mass is 16.2. The molecule has 4 nitrogen and oxygen atoms in total. The van der Waals surface area contributed by atoms with E-state index in [0.717, 1.165) is 18.5 Å². The van der Waals surface area contributed by atoms with Crippen molar-refractivity contribution >= 4 is 5.91 Å². The lowest BCUT2D eigenvalue weighted by molar-refractivity contribution is 0.0733. The van der Waals surface area contributed by atoms with E-state index < -0.39 is 0 Å². The highest BCUT2D eigenvalue weighted by Gasteiger charge is 2.32. The number of benzene rings is 1. The van der Waals surface area contributed by atoms with Crippen LogP contribution in [0.4, 0.5) is 0 Å². The van der Waals surface area contributed by atoms with Gasteiger partial charge in [-0.1, -0.05) is 23.8 Å². The van der Waals surface area contributed by atoms with Gasteiger partial charge in [0.1, 0.15) is 5.56 Å². The van der Waals surface area contributed by atoms with Crippen LogP contribution >= 0.6 is 0 Å². The fourth-order valence-corrected chi connectivity index (χ4v) is 3.35. The molecular formula is C19H22N2O2. The minimum atomic E-state index is -0.210. The smallest absolute Gasteiger partial charge is 0.259 e. The van der Waals surface area contributed by atoms with Crippen LogP contribution in [-0.2, 0) is 0 Å². The lowest BCUT2D eigenvalue weighted by Crippen LogP contribution is -2.34. The van der Waals surface area contributed by atoms with E-state index in [0.29, 0.717) is 6.54 Å². The van der Waals surface area contributed by atoms with E-state index in [1.165, 1.54) is 22.8 Å². The molecule has 2 heterocycles. The molecule has 3 rings (SSSR count). The molecule has 1 aliphatic heterocycles. The van der Waals surface area contributed by atoms with Gasteiger partial charge in [0, 0.05) is 24.5 Å². The highest BCUT2D eigenvalue weighted by Crippen LogP contribution is 2.34. The Labute approximate surface area is 136 Å². The zero-order chi connectivity index (χ0) is 16.6. The fraction of sp³-hybridized carbons (Fsp3) is 0.368. The van der Waals surface area contributed by atoms with Gasteiger partial charge in [-0.3, -0.25) is 9.59 Å². The number of aryl methyl sites for hydroxylation is 3. The van der Waals surface area contributed by atoms with E-state index in [-0.39, 0.29) is 22.9 Å². The standard InChI is InChI=1S/C19H22N2O2/c1-12-6-7-13(2)15(9-12)17-5-4-8-21(17)19(23)16-11-20-14(3)10-18(16)22/h6-7,9-11,17H,4-5,8H2,1-3H3,(H,20,22)/t17-/m0/s1. The maximum absolute atomic E-state index is 12.9. The number of amides is 1. The van der Waals surface area contributed by atoms with Crippen LogP contribution in [0.3, 0.4) is 0 Å². The molecule has 1 fully saturated rings. The van der Waals surface area contributed by atoms with Gasteiger partial charge < -0.3 is 9.88 Å². The predicted octanol–water partition coefficient (Wildman–Crippen LogP) is 3.28. The summed E-state index contributed by atoms with van der Waals surface area (Å²) in [6, 6.07) is 7.89. The zero-order valence-corrected chi connectivity index (χ0v) is 13.8. The van der Waals surface area contributed by atoms with E-state index in [4.69, 9.17) is 0 Å². The molecule has 2 aromatic rings. The van der Waals surface area contributed by atoms with Crippen molar-refractivity contribution in [3.8, 4) is 0 Å². The van der Waals surface area contributed by atoms with Crippen LogP contribution < -0.4 is 5.43 Å². The fourth-order valence-electron chi connectivity index (χ4n) is 3.35. The predicted molar refractivity (Wildman–Crippen MR) is 90.7 cm³/mol. The molecule has 0 radical (unpaired) electrons. The maximum Gasteiger partial charge on any atom is 0.259 e. The average molecular weight is 310 g/mol. The van der Waals surface area contributed by atoms with Gasteiger partial charge in [-0.25, -0.2) is 0 Å². The van der Waals surface area contributed by atoms with Crippen molar-refractivity contribution < 1.29 is 4.79 Å². The van der Waals surface area contributed by atoms with E-state index in [9.17, 15) is 9.59 Å². The number of pyridine rings is 1. The van der Waals surface area contributed by atoms with Gasteiger partial charge in [-0.2, -0.15) is 0 Å². The van der Waals surface area contributed by atoms with Gasteiger partial charge in [0.2, 0.25) is 0 Å². The molecule has 1 aliphatic rings. The summed E-state index contributed by atoms with van der Waals surface area (Å²) < 4.78 is 0. The number of aromatic nitrogens is 1. The first kappa shape index (κ1) is 15.5. The first-order valence-corrected chi connectivity index (χ1v) is 8.05. The number of hydrogen-bond acceptors (Lipinski definition) is 2. The topological polar surface area (TPSA) is 53.2 Å². The minimum Gasteiger partial charge on any atom is -0.364 e. The molecule has 0 spiro atoms. The number of nitrogens with zero attached hydrogens (tertiary/aromatic N) is 1. The molecule has 0 aliphatic carbocycles. The Kier molecular flexibility index (Phi) is 4.07. The normalized spacial score (nSPS) is 17.5. The quantitative estimate of drug-likeness (QED) is 0.925. The van der Waals surface area contributed by atoms with Crippen molar-refractivity contribution in [2.24, 2.45) is 0 Å². The SMILES string of the molecule is Cc1ccc(C)c([C@@H]2CCCN2C(=O)c2c[nH]c(C)cc2=O)c1. The number of rotatable bonds is 2. The molecule has 4 heteroatoms. The van der Waals surface area contributed by atoms with E-state index in [1.54, 1.807) is 6.20 Å². The molecule has 1 N–H and O–H groups in total. The molecule has 0 bridgehead atoms. The zero-order valence-electron chi connectivity index (χ0n) is 13.8. The van der Waals surface area contributed by atoms with Crippen molar-refractivity contribution in [1.82, 2.24) is 9.88 Å². The van der Waals surface area contributed by atoms with Crippen LogP contribution in [0.5, 0.6) is 0 Å². The number of likely N-dealkylation sites (tertiary alicyclic amines) is 1. The van der Waals surface area contributed by atoms with Crippen LogP contribution in [0.2, 0.25) is 0 Å². The number of H-pyrrole nitrogens is 1.